The van der Waals surface area contributed by atoms with Crippen molar-refractivity contribution in [1.82, 2.24) is 4.90 Å². The summed E-state index contributed by atoms with van der Waals surface area (Å²) in [4.78, 5) is 20.8. The predicted octanol–water partition coefficient (Wildman–Crippen LogP) is 5.01. The van der Waals surface area contributed by atoms with Gasteiger partial charge in [0.05, 0.1) is 5.71 Å². The van der Waals surface area contributed by atoms with Crippen molar-refractivity contribution in [3.05, 3.63) is 71.8 Å². The molecule has 0 N–H and O–H groups in total. The number of hydrogen-bond donors (Lipinski definition) is 0. The zero-order chi connectivity index (χ0) is 20.9. The van der Waals surface area contributed by atoms with Crippen molar-refractivity contribution < 1.29 is 9.53 Å². The molecule has 2 aromatic carbocycles. The molecule has 2 heterocycles. The lowest BCUT2D eigenvalue weighted by molar-refractivity contribution is -0.153. The Kier molecular flexibility index (Phi) is 4.78. The van der Waals surface area contributed by atoms with E-state index in [1.54, 1.807) is 0 Å². The number of nitrogens with zero attached hydrogens (tertiary/aromatic N) is 2. The highest BCUT2D eigenvalue weighted by Crippen LogP contribution is 2.53. The van der Waals surface area contributed by atoms with Gasteiger partial charge in [-0.25, -0.2) is 0 Å². The molecule has 30 heavy (non-hydrogen) atoms. The molecule has 4 nitrogen and oxygen atoms in total. The molecular weight excluding hydrogens is 372 g/mol. The Balaban J connectivity index is 1.57. The molecule has 2 aromatic rings. The van der Waals surface area contributed by atoms with Crippen molar-refractivity contribution >= 4 is 11.6 Å². The van der Waals surface area contributed by atoms with Crippen LogP contribution in [0.25, 0.3) is 0 Å². The smallest absolute Gasteiger partial charge is 0.229 e. The van der Waals surface area contributed by atoms with E-state index in [-0.39, 0.29) is 35.8 Å². The summed E-state index contributed by atoms with van der Waals surface area (Å²) in [6, 6.07) is 20.9. The molecule has 1 saturated carbocycles. The maximum atomic E-state index is 13.7. The molecule has 2 fully saturated rings. The molecule has 1 aliphatic carbocycles. The average Bonchev–Trinajstić information content (AvgIpc) is 3.22. The maximum Gasteiger partial charge on any atom is 0.229 e. The zero-order valence-corrected chi connectivity index (χ0v) is 18.0. The molecule has 1 spiro atoms. The highest BCUT2D eigenvalue weighted by molar-refractivity contribution is 6.01. The first kappa shape index (κ1) is 19.5. The lowest BCUT2D eigenvalue weighted by Crippen LogP contribution is -2.52. The number of carbonyl (C=O) groups is 1. The van der Waals surface area contributed by atoms with Crippen molar-refractivity contribution in [3.63, 3.8) is 0 Å². The minimum Gasteiger partial charge on any atom is -0.325 e. The Bertz CT molecular complexity index is 956. The Morgan fingerprint density at radius 2 is 1.73 bits per heavy atom. The molecule has 1 amide bonds. The van der Waals surface area contributed by atoms with Crippen LogP contribution < -0.4 is 0 Å². The number of hydrogen-bond acceptors (Lipinski definition) is 3. The first-order chi connectivity index (χ1) is 14.5. The van der Waals surface area contributed by atoms with Crippen LogP contribution in [0.3, 0.4) is 0 Å². The minimum atomic E-state index is -0.690. The van der Waals surface area contributed by atoms with Crippen molar-refractivity contribution in [2.45, 2.75) is 58.0 Å². The predicted molar refractivity (Wildman–Crippen MR) is 118 cm³/mol. The van der Waals surface area contributed by atoms with Gasteiger partial charge < -0.3 is 9.64 Å². The van der Waals surface area contributed by atoms with Gasteiger partial charge in [0.15, 0.2) is 12.0 Å². The third-order valence-electron chi connectivity index (χ3n) is 7.23. The average molecular weight is 403 g/mol. The SMILES string of the molecule is CC(C)[C@@H]1N=C2C[C@H](c3ccccc3)[C@@H](C)C3C[C@@]2(O1)N(Cc1ccccc1)C3=O. The monoisotopic (exact) mass is 402 g/mol. The molecule has 2 bridgehead atoms. The van der Waals surface area contributed by atoms with Gasteiger partial charge in [0.1, 0.15) is 0 Å². The van der Waals surface area contributed by atoms with Gasteiger partial charge in [0, 0.05) is 24.8 Å². The van der Waals surface area contributed by atoms with Crippen LogP contribution in [0.1, 0.15) is 50.7 Å². The van der Waals surface area contributed by atoms with Gasteiger partial charge in [-0.15, -0.1) is 0 Å². The van der Waals surface area contributed by atoms with E-state index in [9.17, 15) is 4.79 Å². The first-order valence-electron chi connectivity index (χ1n) is 11.1. The van der Waals surface area contributed by atoms with E-state index in [1.165, 1.54) is 5.56 Å². The number of benzene rings is 2. The molecular formula is C26H30N2O2. The second-order valence-corrected chi connectivity index (χ2v) is 9.41. The standard InChI is InChI=1S/C26H30N2O2/c1-17(2)24-27-23-14-21(20-12-8-5-9-13-20)18(3)22-15-26(23,30-24)28(25(22)29)16-19-10-6-4-7-11-19/h4-13,17-18,21-22,24H,14-16H2,1-3H3/t18-,21+,22?,24-,26+/m1/s1. The summed E-state index contributed by atoms with van der Waals surface area (Å²) >= 11 is 0. The highest BCUT2D eigenvalue weighted by Gasteiger charge is 2.62. The Labute approximate surface area is 179 Å². The van der Waals surface area contributed by atoms with Crippen LogP contribution in [-0.2, 0) is 16.1 Å². The molecule has 1 saturated heterocycles. The summed E-state index contributed by atoms with van der Waals surface area (Å²) in [6.07, 6.45) is 1.38. The Hall–Kier alpha value is -2.46. The van der Waals surface area contributed by atoms with Crippen LogP contribution in [0.2, 0.25) is 0 Å². The van der Waals surface area contributed by atoms with Crippen LogP contribution in [0, 0.1) is 17.8 Å². The number of amides is 1. The van der Waals surface area contributed by atoms with Gasteiger partial charge >= 0.3 is 0 Å². The first-order valence-corrected chi connectivity index (χ1v) is 11.1. The van der Waals surface area contributed by atoms with E-state index in [0.29, 0.717) is 13.0 Å². The maximum absolute atomic E-state index is 13.7. The summed E-state index contributed by atoms with van der Waals surface area (Å²) in [6.45, 7) is 7.09. The van der Waals surface area contributed by atoms with Gasteiger partial charge in [-0.05, 0) is 29.4 Å². The van der Waals surface area contributed by atoms with Gasteiger partial charge in [0.2, 0.25) is 5.91 Å². The summed E-state index contributed by atoms with van der Waals surface area (Å²) in [5.74, 6) is 0.974. The van der Waals surface area contributed by atoms with Crippen LogP contribution in [-0.4, -0.2) is 28.5 Å². The molecule has 0 aromatic heterocycles. The second-order valence-electron chi connectivity index (χ2n) is 9.41. The van der Waals surface area contributed by atoms with E-state index >= 15 is 0 Å². The Morgan fingerprint density at radius 1 is 1.07 bits per heavy atom. The second kappa shape index (κ2) is 7.35. The highest BCUT2D eigenvalue weighted by atomic mass is 16.6. The molecule has 0 radical (unpaired) electrons. The number of likely N-dealkylation sites (tertiary alicyclic amines) is 1. The number of rotatable bonds is 4. The summed E-state index contributed by atoms with van der Waals surface area (Å²) in [7, 11) is 0. The van der Waals surface area contributed by atoms with Gasteiger partial charge in [-0.2, -0.15) is 0 Å². The van der Waals surface area contributed by atoms with Crippen LogP contribution >= 0.6 is 0 Å². The number of aliphatic imine (C=N–C) groups is 1. The van der Waals surface area contributed by atoms with Gasteiger partial charge in [0.25, 0.3) is 0 Å². The van der Waals surface area contributed by atoms with E-state index in [2.05, 4.69) is 63.2 Å². The minimum absolute atomic E-state index is 0.0440. The molecule has 5 rings (SSSR count). The fourth-order valence-corrected chi connectivity index (χ4v) is 5.48. The van der Waals surface area contributed by atoms with E-state index in [1.807, 2.05) is 23.1 Å². The van der Waals surface area contributed by atoms with Gasteiger partial charge in [-0.1, -0.05) is 81.4 Å². The lowest BCUT2D eigenvalue weighted by atomic mass is 9.78. The molecule has 4 heteroatoms. The number of carbonyl (C=O) groups excluding carboxylic acids is 1. The largest absolute Gasteiger partial charge is 0.325 e. The summed E-state index contributed by atoms with van der Waals surface area (Å²) in [5, 5.41) is 0. The number of fused-ring (bicyclic) bond motifs is 1. The van der Waals surface area contributed by atoms with E-state index in [4.69, 9.17) is 9.73 Å². The van der Waals surface area contributed by atoms with Crippen LogP contribution in [0.15, 0.2) is 65.7 Å². The molecule has 5 atom stereocenters. The fraction of sp³-hybridized carbons (Fsp3) is 0.462. The summed E-state index contributed by atoms with van der Waals surface area (Å²) in [5.41, 5.74) is 2.80. The normalized spacial score (nSPS) is 32.9. The van der Waals surface area contributed by atoms with Gasteiger partial charge in [-0.3, -0.25) is 9.79 Å². The molecule has 1 unspecified atom stereocenters. The van der Waals surface area contributed by atoms with E-state index in [0.717, 1.165) is 17.7 Å². The Morgan fingerprint density at radius 3 is 2.40 bits per heavy atom. The molecule has 2 aliphatic heterocycles. The quantitative estimate of drug-likeness (QED) is 0.721. The lowest BCUT2D eigenvalue weighted by Gasteiger charge is -2.38. The van der Waals surface area contributed by atoms with E-state index < -0.39 is 5.72 Å². The third-order valence-corrected chi connectivity index (χ3v) is 7.23. The fourth-order valence-electron chi connectivity index (χ4n) is 5.48. The number of ether oxygens (including phenoxy) is 1. The molecule has 156 valence electrons. The third kappa shape index (κ3) is 3.01. The van der Waals surface area contributed by atoms with Crippen molar-refractivity contribution in [2.75, 3.05) is 0 Å². The van der Waals surface area contributed by atoms with Crippen molar-refractivity contribution in [2.24, 2.45) is 22.7 Å². The topological polar surface area (TPSA) is 41.9 Å². The summed E-state index contributed by atoms with van der Waals surface area (Å²) < 4.78 is 6.67. The van der Waals surface area contributed by atoms with Crippen LogP contribution in [0.5, 0.6) is 0 Å². The van der Waals surface area contributed by atoms with Crippen LogP contribution in [0.4, 0.5) is 0 Å². The van der Waals surface area contributed by atoms with Crippen molar-refractivity contribution in [1.29, 1.82) is 0 Å². The zero-order valence-electron chi connectivity index (χ0n) is 18.0. The van der Waals surface area contributed by atoms with Crippen molar-refractivity contribution in [3.8, 4) is 0 Å². The molecule has 3 aliphatic rings.